The van der Waals surface area contributed by atoms with Gasteiger partial charge in [-0.05, 0) is 90.8 Å². The molecule has 6 amide bonds. The number of thioether (sulfide) groups is 1. The van der Waals surface area contributed by atoms with Gasteiger partial charge >= 0.3 is 11.9 Å². The monoisotopic (exact) mass is 1680 g/mol. The lowest BCUT2D eigenvalue weighted by Gasteiger charge is -2.17. The maximum atomic E-state index is 13.0. The summed E-state index contributed by atoms with van der Waals surface area (Å²) in [7, 11) is 0. The fourth-order valence-corrected chi connectivity index (χ4v) is 11.9. The molecule has 38 nitrogen and oxygen atoms in total. The lowest BCUT2D eigenvalue weighted by Crippen LogP contribution is -2.48. The van der Waals surface area contributed by atoms with Crippen molar-refractivity contribution in [2.45, 2.75) is 49.6 Å². The van der Waals surface area contributed by atoms with Gasteiger partial charge in [0.15, 0.2) is 17.3 Å². The molecule has 1 unspecified atom stereocenters. The summed E-state index contributed by atoms with van der Waals surface area (Å²) in [5, 5.41) is 77.0. The van der Waals surface area contributed by atoms with E-state index in [1.165, 1.54) is 65.2 Å². The number of carboxylic acids is 2. The number of carboxylic acid groups (broad SMARTS) is 2. The number of phenolic OH excluding ortho intramolecular Hbond substituents is 1. The highest BCUT2D eigenvalue weighted by molar-refractivity contribution is 7.99. The smallest absolute Gasteiger partial charge is 0.336 e. The average Bonchev–Trinajstić information content (AvgIpc) is 1.39. The van der Waals surface area contributed by atoms with Crippen LogP contribution in [0.3, 0.4) is 0 Å². The molecule has 119 heavy (non-hydrogen) atoms. The van der Waals surface area contributed by atoms with Crippen LogP contribution >= 0.6 is 11.8 Å². The van der Waals surface area contributed by atoms with Gasteiger partial charge in [0, 0.05) is 102 Å². The number of phenols is 1. The normalized spacial score (nSPS) is 11.5. The first-order valence-corrected chi connectivity index (χ1v) is 39.3. The highest BCUT2D eigenvalue weighted by Crippen LogP contribution is 2.43. The number of aromatic nitrogens is 1. The van der Waals surface area contributed by atoms with Crippen molar-refractivity contribution in [3.63, 3.8) is 0 Å². The van der Waals surface area contributed by atoms with Gasteiger partial charge in [0.25, 0.3) is 5.91 Å². The quantitative estimate of drug-likeness (QED) is 0.00813. The lowest BCUT2D eigenvalue weighted by atomic mass is 9.90. The Morgan fingerprint density at radius 1 is 0.504 bits per heavy atom. The number of aromatic carboxylic acids is 1. The second-order valence-electron chi connectivity index (χ2n) is 25.7. The van der Waals surface area contributed by atoms with Gasteiger partial charge in [0.05, 0.1) is 189 Å². The Kier molecular flexibility index (Phi) is 43.8. The Morgan fingerprint density at radius 3 is 1.61 bits per heavy atom. The number of nitrogens with two attached hydrogens (primary N) is 1. The summed E-state index contributed by atoms with van der Waals surface area (Å²) in [6, 6.07) is 25.1. The number of carbonyl (C=O) groups excluding carboxylic acids is 6. The highest BCUT2D eigenvalue weighted by Gasteiger charge is 2.26. The van der Waals surface area contributed by atoms with E-state index >= 15 is 0 Å². The SMILES string of the molecule is N=C(N)Nc1cccc(C(=O)NCC(=O)NC(CC(=O)O)C(=O)Nc2ccc(OCCCNC(=O)CCOCCOCCOCCOCCOCCOCCOCCOCCOCCOCCOCCOCCNC(=O)CCn3c(O)cc(SCCC(=O)Nc4ccc(-c5c6ccc(=O)cc-6oc6cc(O)ccc56)c(C(=O)O)c4)c3O)cc2)c1. The number of nitrogens with one attached hydrogen (secondary N) is 8. The maximum Gasteiger partial charge on any atom is 0.336 e. The number of anilines is 3. The van der Waals surface area contributed by atoms with Crippen molar-refractivity contribution in [2.75, 3.05) is 207 Å². The molecule has 1 atom stereocenters. The van der Waals surface area contributed by atoms with Crippen LogP contribution in [0.2, 0.25) is 0 Å². The molecule has 1 aromatic heterocycles. The van der Waals surface area contributed by atoms with Crippen LogP contribution in [0.1, 0.15) is 52.8 Å². The standard InChI is InChI=1S/C80H104N10O28S/c81-80(82)88-56-4-1-3-54(47-56)76(100)85-53-72(96)89-65(51-74(98)99)77(101)87-55-5-10-60(11-6-55)117-21-2-18-83-70(94)16-22-105-24-26-107-28-30-109-32-34-111-36-38-113-40-42-115-44-45-116-43-41-114-39-37-112-35-33-110-31-29-108-27-25-106-23-19-84-69(93)15-20-90-73(97)52-68(78(90)102)119-46-17-71(95)86-57-7-12-61(64(48-57)79(103)104)75-62-13-8-58(91)49-66(62)118-67-50-59(92)9-14-63(67)75/h1,3-14,47-50,52,65,91,97,102H,2,15-46,51,53H2,(H,83,94)(H,84,93)(H,85,100)(H,86,95)(H,87,101)(H,89,96)(H,98,99)(H,103,104)(H4,81,82,88). The molecular formula is C80H104N10O28S. The molecule has 1 aliphatic heterocycles. The van der Waals surface area contributed by atoms with E-state index in [0.29, 0.717) is 202 Å². The zero-order valence-electron chi connectivity index (χ0n) is 65.8. The fraction of sp³-hybridized carbons (Fsp3) is 0.450. The number of carbonyl (C=O) groups is 8. The van der Waals surface area contributed by atoms with Crippen molar-refractivity contribution >= 4 is 93.1 Å². The molecule has 15 N–H and O–H groups in total. The van der Waals surface area contributed by atoms with Crippen molar-refractivity contribution in [3.05, 3.63) is 131 Å². The molecule has 0 spiro atoms. The van der Waals surface area contributed by atoms with Crippen LogP contribution in [-0.2, 0) is 92.2 Å². The van der Waals surface area contributed by atoms with E-state index < -0.39 is 54.6 Å². The first-order chi connectivity index (χ1) is 57.7. The summed E-state index contributed by atoms with van der Waals surface area (Å²) in [4.78, 5) is 113. The van der Waals surface area contributed by atoms with E-state index in [4.69, 9.17) is 77.1 Å². The number of rotatable bonds is 63. The minimum Gasteiger partial charge on any atom is -0.508 e. The molecule has 5 aromatic rings. The zero-order valence-corrected chi connectivity index (χ0v) is 66.6. The molecule has 0 saturated heterocycles. The largest absolute Gasteiger partial charge is 0.508 e. The average molecular weight is 1690 g/mol. The Morgan fingerprint density at radius 2 is 1.04 bits per heavy atom. The van der Waals surface area contributed by atoms with E-state index in [2.05, 4.69) is 37.2 Å². The van der Waals surface area contributed by atoms with Crippen LogP contribution in [0, 0.1) is 5.41 Å². The predicted molar refractivity (Wildman–Crippen MR) is 434 cm³/mol. The van der Waals surface area contributed by atoms with Crippen molar-refractivity contribution in [2.24, 2.45) is 5.73 Å². The first-order valence-electron chi connectivity index (χ1n) is 38.3. The number of hydrogen-bond donors (Lipinski definition) is 14. The van der Waals surface area contributed by atoms with Gasteiger partial charge in [-0.2, -0.15) is 0 Å². The molecule has 0 saturated carbocycles. The number of aliphatic carboxylic acids is 1. The minimum absolute atomic E-state index is 0.0237. The number of ether oxygens (including phenoxy) is 13. The third-order valence-electron chi connectivity index (χ3n) is 16.7. The second kappa shape index (κ2) is 54.8. The molecule has 1 aliphatic carbocycles. The summed E-state index contributed by atoms with van der Waals surface area (Å²) < 4.78 is 79.1. The van der Waals surface area contributed by atoms with E-state index in [9.17, 15) is 68.7 Å². The van der Waals surface area contributed by atoms with Gasteiger partial charge in [-0.1, -0.05) is 12.1 Å². The molecule has 4 aromatic carbocycles. The lowest BCUT2D eigenvalue weighted by molar-refractivity contribution is -0.139. The van der Waals surface area contributed by atoms with E-state index in [1.807, 2.05) is 0 Å². The molecule has 39 heteroatoms. The molecule has 0 bridgehead atoms. The third kappa shape index (κ3) is 37.2. The minimum atomic E-state index is -1.46. The van der Waals surface area contributed by atoms with Crippen molar-refractivity contribution in [1.29, 1.82) is 5.41 Å². The van der Waals surface area contributed by atoms with Crippen molar-refractivity contribution in [3.8, 4) is 45.7 Å². The van der Waals surface area contributed by atoms with E-state index in [1.54, 1.807) is 48.5 Å². The molecule has 0 fully saturated rings. The number of fused-ring (bicyclic) bond motifs is 2. The molecule has 0 radical (unpaired) electrons. The topological polar surface area (TPSA) is 527 Å². The zero-order chi connectivity index (χ0) is 85.2. The van der Waals surface area contributed by atoms with Crippen LogP contribution in [0.4, 0.5) is 17.1 Å². The van der Waals surface area contributed by atoms with Crippen LogP contribution in [-0.4, -0.2) is 280 Å². The predicted octanol–water partition coefficient (Wildman–Crippen LogP) is 4.62. The van der Waals surface area contributed by atoms with Gasteiger partial charge in [-0.15, -0.1) is 11.8 Å². The molecule has 2 aliphatic rings. The Hall–Kier alpha value is -11.1. The van der Waals surface area contributed by atoms with Gasteiger partial charge < -0.3 is 134 Å². The Bertz CT molecular complexity index is 4360. The molecule has 7 rings (SSSR count). The number of aromatic hydroxyl groups is 3. The Balaban J connectivity index is 0.551. The first kappa shape index (κ1) is 95.1. The summed E-state index contributed by atoms with van der Waals surface area (Å²) in [5.74, 6) is -5.88. The van der Waals surface area contributed by atoms with Crippen LogP contribution < -0.4 is 53.1 Å². The van der Waals surface area contributed by atoms with Crippen molar-refractivity contribution in [1.82, 2.24) is 25.8 Å². The third-order valence-corrected chi connectivity index (χ3v) is 17.7. The number of benzene rings is 5. The van der Waals surface area contributed by atoms with Crippen LogP contribution in [0.25, 0.3) is 33.4 Å². The number of nitrogens with zero attached hydrogens (tertiary/aromatic N) is 1. The van der Waals surface area contributed by atoms with Crippen LogP contribution in [0.15, 0.2) is 123 Å². The van der Waals surface area contributed by atoms with Crippen LogP contribution in [0.5, 0.6) is 23.3 Å². The van der Waals surface area contributed by atoms with Gasteiger partial charge in [0.1, 0.15) is 28.9 Å². The van der Waals surface area contributed by atoms with Gasteiger partial charge in [-0.25, -0.2) is 4.79 Å². The number of hydrogen-bond acceptors (Lipinski definition) is 28. The summed E-state index contributed by atoms with van der Waals surface area (Å²) in [6.45, 7) is 9.28. The molecule has 648 valence electrons. The summed E-state index contributed by atoms with van der Waals surface area (Å²) in [5.41, 5.74) is 7.39. The number of amides is 6. The fourth-order valence-electron chi connectivity index (χ4n) is 10.9. The maximum absolute atomic E-state index is 13.0. The van der Waals surface area contributed by atoms with Gasteiger partial charge in [0.2, 0.25) is 35.4 Å². The second-order valence-corrected chi connectivity index (χ2v) is 26.8. The van der Waals surface area contributed by atoms with Gasteiger partial charge in [-0.3, -0.25) is 48.3 Å². The number of guanidine groups is 1. The van der Waals surface area contributed by atoms with E-state index in [0.717, 1.165) is 11.8 Å². The molecular weight excluding hydrogens is 1580 g/mol. The van der Waals surface area contributed by atoms with Crippen molar-refractivity contribution < 1.29 is 130 Å². The molecule has 2 heterocycles. The highest BCUT2D eigenvalue weighted by atomic mass is 32.2. The Labute approximate surface area is 689 Å². The summed E-state index contributed by atoms with van der Waals surface area (Å²) >= 11 is 1.11. The summed E-state index contributed by atoms with van der Waals surface area (Å²) in [6.07, 6.45) is -0.134. The van der Waals surface area contributed by atoms with E-state index in [-0.39, 0.29) is 127 Å².